The normalized spacial score (nSPS) is 25.8. The number of hydrogen-bond donors (Lipinski definition) is 2. The minimum atomic E-state index is -4.68. The van der Waals surface area contributed by atoms with Crippen molar-refractivity contribution in [2.45, 2.75) is 95.9 Å². The fourth-order valence-electron chi connectivity index (χ4n) is 6.11. The number of benzene rings is 1. The average Bonchev–Trinajstić information content (AvgIpc) is 3.35. The lowest BCUT2D eigenvalue weighted by Gasteiger charge is -2.30. The molecule has 2 aliphatic rings. The molecule has 1 aliphatic heterocycles. The van der Waals surface area contributed by atoms with E-state index in [2.05, 4.69) is 15.2 Å². The van der Waals surface area contributed by atoms with Crippen LogP contribution in [-0.2, 0) is 42.4 Å². The lowest BCUT2D eigenvalue weighted by Crippen LogP contribution is -2.44. The predicted molar refractivity (Wildman–Crippen MR) is 176 cm³/mol. The van der Waals surface area contributed by atoms with Crippen molar-refractivity contribution in [1.29, 1.82) is 0 Å². The fourth-order valence-corrected chi connectivity index (χ4v) is 7.85. The quantitative estimate of drug-likeness (QED) is 0.111. The third-order valence-electron chi connectivity index (χ3n) is 9.08. The summed E-state index contributed by atoms with van der Waals surface area (Å²) in [6.45, 7) is 7.27. The van der Waals surface area contributed by atoms with Gasteiger partial charge in [-0.1, -0.05) is 58.7 Å². The van der Waals surface area contributed by atoms with Gasteiger partial charge in [0, 0.05) is 12.8 Å². The second-order valence-electron chi connectivity index (χ2n) is 12.2. The molecule has 2 fully saturated rings. The van der Waals surface area contributed by atoms with Gasteiger partial charge < -0.3 is 29.2 Å². The number of fused-ring (bicyclic) bond motifs is 2. The lowest BCUT2D eigenvalue weighted by atomic mass is 10.0. The molecule has 3 heterocycles. The van der Waals surface area contributed by atoms with Crippen molar-refractivity contribution < 1.29 is 51.3 Å². The monoisotopic (exact) mass is 719 g/mol. The largest absolute Gasteiger partial charge is 0.464 e. The van der Waals surface area contributed by atoms with Gasteiger partial charge in [0.05, 0.1) is 12.3 Å². The highest BCUT2D eigenvalue weighted by atomic mass is 31.2. The molecular formula is C33H43FN5O10P. The summed E-state index contributed by atoms with van der Waals surface area (Å²) in [7, 11) is -4.68. The molecule has 0 radical (unpaired) electrons. The fraction of sp³-hybridized carbons (Fsp3) is 0.545. The number of halogens is 1. The smallest absolute Gasteiger partial charge is 0.459 e. The molecule has 5 rings (SSSR count). The maximum absolute atomic E-state index is 15.6. The van der Waals surface area contributed by atoms with Crippen molar-refractivity contribution in [2.75, 3.05) is 19.0 Å². The molecular weight excluding hydrogens is 676 g/mol. The first-order valence-electron chi connectivity index (χ1n) is 16.6. The minimum Gasteiger partial charge on any atom is -0.464 e. The van der Waals surface area contributed by atoms with E-state index in [1.807, 2.05) is 13.8 Å². The third kappa shape index (κ3) is 6.81. The second kappa shape index (κ2) is 15.0. The molecule has 17 heteroatoms. The van der Waals surface area contributed by atoms with E-state index < -0.39 is 67.9 Å². The number of ether oxygens (including phenoxy) is 4. The number of esters is 3. The standard InChI is InChI=1S/C33H43FN5O10P/c1-6-21(7-2)17-44-30(42)20(5)38-50(43,48-22-13-11-10-12-14-22)49-31-32(18-34)33(31,46-26(41)9-4)28(45-25(40)8-3)27(47-32)23-15-16-24-29(35)36-19-37-39(23)24/h10-16,19-21,27-28,31H,6-9,17-18H2,1-5H3,(H,38,43)(H2,35,36,37)/t20-,27-,28-,31?,32+,33+,50+/m0/s1. The van der Waals surface area contributed by atoms with Crippen LogP contribution in [0.1, 0.15) is 72.1 Å². The van der Waals surface area contributed by atoms with E-state index in [-0.39, 0.29) is 42.6 Å². The highest BCUT2D eigenvalue weighted by Gasteiger charge is 2.94. The predicted octanol–water partition coefficient (Wildman–Crippen LogP) is 4.65. The molecule has 1 saturated carbocycles. The Kier molecular flexibility index (Phi) is 11.2. The Bertz CT molecular complexity index is 1740. The number of carbonyl (C=O) groups excluding carboxylic acids is 3. The summed E-state index contributed by atoms with van der Waals surface area (Å²) in [6, 6.07) is 9.92. The van der Waals surface area contributed by atoms with Crippen LogP contribution >= 0.6 is 7.75 Å². The number of para-hydroxylation sites is 1. The molecule has 50 heavy (non-hydrogen) atoms. The molecule has 0 bridgehead atoms. The van der Waals surface area contributed by atoms with Gasteiger partial charge in [0.25, 0.3) is 0 Å². The van der Waals surface area contributed by atoms with Crippen LogP contribution in [0.5, 0.6) is 5.75 Å². The van der Waals surface area contributed by atoms with Gasteiger partial charge in [0.2, 0.25) is 5.60 Å². The number of nitrogen functional groups attached to an aromatic ring is 1. The molecule has 15 nitrogen and oxygen atoms in total. The van der Waals surface area contributed by atoms with Crippen molar-refractivity contribution in [3.05, 3.63) is 54.5 Å². The summed E-state index contributed by atoms with van der Waals surface area (Å²) in [5, 5.41) is 6.83. The van der Waals surface area contributed by atoms with Crippen molar-refractivity contribution in [3.8, 4) is 5.75 Å². The summed E-state index contributed by atoms with van der Waals surface area (Å²) >= 11 is 0. The number of nitrogens with two attached hydrogens (primary N) is 1. The zero-order valence-corrected chi connectivity index (χ0v) is 29.5. The molecule has 1 aromatic carbocycles. The van der Waals surface area contributed by atoms with E-state index in [1.165, 1.54) is 36.8 Å². The second-order valence-corrected chi connectivity index (χ2v) is 13.8. The average molecular weight is 720 g/mol. The Hall–Kier alpha value is -4.11. The van der Waals surface area contributed by atoms with Crippen LogP contribution in [-0.4, -0.2) is 75.2 Å². The highest BCUT2D eigenvalue weighted by Crippen LogP contribution is 2.71. The molecule has 7 atom stereocenters. The molecule has 0 spiro atoms. The van der Waals surface area contributed by atoms with Gasteiger partial charge in [0.15, 0.2) is 23.6 Å². The van der Waals surface area contributed by atoms with E-state index in [1.54, 1.807) is 37.3 Å². The molecule has 3 aromatic rings. The van der Waals surface area contributed by atoms with E-state index in [0.717, 1.165) is 12.8 Å². The van der Waals surface area contributed by atoms with Gasteiger partial charge in [-0.3, -0.25) is 18.9 Å². The zero-order valence-electron chi connectivity index (χ0n) is 28.6. The summed E-state index contributed by atoms with van der Waals surface area (Å²) in [5.74, 6) is -1.89. The Morgan fingerprint density at radius 1 is 1.08 bits per heavy atom. The topological polar surface area (TPSA) is 192 Å². The minimum absolute atomic E-state index is 0.0883. The van der Waals surface area contributed by atoms with Crippen molar-refractivity contribution in [1.82, 2.24) is 19.7 Å². The number of nitrogens with one attached hydrogen (secondary N) is 1. The maximum atomic E-state index is 15.6. The van der Waals surface area contributed by atoms with Gasteiger partial charge in [-0.15, -0.1) is 0 Å². The van der Waals surface area contributed by atoms with Crippen molar-refractivity contribution in [2.24, 2.45) is 5.92 Å². The number of alkyl halides is 1. The first-order chi connectivity index (χ1) is 23.9. The maximum Gasteiger partial charge on any atom is 0.459 e. The summed E-state index contributed by atoms with van der Waals surface area (Å²) in [5.41, 5.74) is 2.42. The first-order valence-corrected chi connectivity index (χ1v) is 18.2. The van der Waals surface area contributed by atoms with Crippen LogP contribution in [0.4, 0.5) is 10.2 Å². The van der Waals surface area contributed by atoms with Gasteiger partial charge >= 0.3 is 25.7 Å². The summed E-state index contributed by atoms with van der Waals surface area (Å²) in [6.07, 6.45) is -1.88. The van der Waals surface area contributed by atoms with Crippen LogP contribution in [0.15, 0.2) is 48.8 Å². The Labute approximate surface area is 288 Å². The lowest BCUT2D eigenvalue weighted by molar-refractivity contribution is -0.177. The molecule has 272 valence electrons. The molecule has 0 amide bonds. The van der Waals surface area contributed by atoms with E-state index in [4.69, 9.17) is 33.7 Å². The van der Waals surface area contributed by atoms with Crippen LogP contribution in [0.25, 0.3) is 5.52 Å². The van der Waals surface area contributed by atoms with Crippen molar-refractivity contribution >= 4 is 37.0 Å². The number of nitrogens with zero attached hydrogens (tertiary/aromatic N) is 3. The van der Waals surface area contributed by atoms with E-state index in [9.17, 15) is 18.9 Å². The molecule has 3 N–H and O–H groups in total. The molecule has 2 aromatic heterocycles. The van der Waals surface area contributed by atoms with Crippen LogP contribution in [0.3, 0.4) is 0 Å². The van der Waals surface area contributed by atoms with Crippen LogP contribution < -0.4 is 15.3 Å². The Morgan fingerprint density at radius 3 is 2.42 bits per heavy atom. The number of anilines is 1. The van der Waals surface area contributed by atoms with Crippen LogP contribution in [0, 0.1) is 5.92 Å². The first kappa shape index (κ1) is 37.2. The van der Waals surface area contributed by atoms with Crippen molar-refractivity contribution in [3.63, 3.8) is 0 Å². The third-order valence-corrected chi connectivity index (χ3v) is 10.7. The van der Waals surface area contributed by atoms with Gasteiger partial charge in [0.1, 0.15) is 36.4 Å². The SMILES string of the molecule is CCC(=O)O[C@H]1[C@H](c2ccc3c(N)ncnn23)O[C@]2(CF)C(O[P@@](=O)(N[C@@H](C)C(=O)OCC(CC)CC)Oc3ccccc3)[C@]12OC(=O)CC. The number of rotatable bonds is 17. The summed E-state index contributed by atoms with van der Waals surface area (Å²) in [4.78, 5) is 43.0. The van der Waals surface area contributed by atoms with Crippen LogP contribution in [0.2, 0.25) is 0 Å². The number of aromatic nitrogens is 3. The van der Waals surface area contributed by atoms with Gasteiger partial charge in [-0.25, -0.2) is 18.5 Å². The molecule has 1 unspecified atom stereocenters. The zero-order chi connectivity index (χ0) is 36.3. The van der Waals surface area contributed by atoms with Gasteiger partial charge in [-0.05, 0) is 37.1 Å². The number of carbonyl (C=O) groups is 3. The van der Waals surface area contributed by atoms with E-state index in [0.29, 0.717) is 5.52 Å². The Balaban J connectivity index is 1.55. The Morgan fingerprint density at radius 2 is 1.78 bits per heavy atom. The number of hydrogen-bond acceptors (Lipinski definition) is 13. The summed E-state index contributed by atoms with van der Waals surface area (Å²) < 4.78 is 67.2. The van der Waals surface area contributed by atoms with E-state index >= 15 is 4.39 Å². The molecule has 1 aliphatic carbocycles. The van der Waals surface area contributed by atoms with Gasteiger partial charge in [-0.2, -0.15) is 10.2 Å². The molecule has 1 saturated heterocycles. The highest BCUT2D eigenvalue weighted by molar-refractivity contribution is 7.52.